The Kier molecular flexibility index (Phi) is 15.1. The maximum absolute atomic E-state index is 11.8. The summed E-state index contributed by atoms with van der Waals surface area (Å²) < 4.78 is 33.0. The molecule has 192 valence electrons. The van der Waals surface area contributed by atoms with Crippen LogP contribution in [0.25, 0.3) is 0 Å². The first-order valence-electron chi connectivity index (χ1n) is 11.4. The van der Waals surface area contributed by atoms with Crippen LogP contribution < -0.4 is 0 Å². The molecule has 33 heavy (non-hydrogen) atoms. The van der Waals surface area contributed by atoms with Crippen molar-refractivity contribution in [2.75, 3.05) is 40.1 Å². The number of nitrogens with zero attached hydrogens (tertiary/aromatic N) is 3. The molecule has 0 spiro atoms. The van der Waals surface area contributed by atoms with Gasteiger partial charge in [0.15, 0.2) is 8.32 Å². The molecule has 0 bridgehead atoms. The van der Waals surface area contributed by atoms with Crippen molar-refractivity contribution in [3.8, 4) is 0 Å². The molecule has 1 rings (SSSR count). The first-order chi connectivity index (χ1) is 15.6. The third kappa shape index (κ3) is 17.2. The molecule has 13 heteroatoms. The number of phosphoric ester groups is 1. The van der Waals surface area contributed by atoms with Crippen molar-refractivity contribution in [3.63, 3.8) is 0 Å². The van der Waals surface area contributed by atoms with E-state index in [0.29, 0.717) is 65.1 Å². The van der Waals surface area contributed by atoms with Crippen molar-refractivity contribution in [3.05, 3.63) is 11.9 Å². The summed E-state index contributed by atoms with van der Waals surface area (Å²) in [7, 11) is -4.81. The van der Waals surface area contributed by atoms with E-state index in [4.69, 9.17) is 18.9 Å². The van der Waals surface area contributed by atoms with E-state index >= 15 is 0 Å². The molecule has 1 aromatic heterocycles. The zero-order chi connectivity index (χ0) is 24.6. The van der Waals surface area contributed by atoms with Crippen LogP contribution in [0.2, 0.25) is 19.1 Å². The van der Waals surface area contributed by atoms with Crippen molar-refractivity contribution in [2.24, 2.45) is 0 Å². The highest BCUT2D eigenvalue weighted by atomic mass is 31.2. The highest BCUT2D eigenvalue weighted by Gasteiger charge is 2.17. The van der Waals surface area contributed by atoms with Crippen molar-refractivity contribution < 1.29 is 37.6 Å². The number of Topliss-reactive ketones (excluding diaryl/α,β-unsaturated/α-hetero) is 1. The molecular formula is C20H40N3O8PSi. The molecule has 1 heterocycles. The van der Waals surface area contributed by atoms with Crippen molar-refractivity contribution in [1.29, 1.82) is 0 Å². The van der Waals surface area contributed by atoms with Crippen LogP contribution in [0.15, 0.2) is 6.20 Å². The van der Waals surface area contributed by atoms with Gasteiger partial charge in [0.25, 0.3) is 0 Å². The van der Waals surface area contributed by atoms with Gasteiger partial charge in [-0.25, -0.2) is 9.25 Å². The van der Waals surface area contributed by atoms with E-state index in [1.807, 2.05) is 19.3 Å². The van der Waals surface area contributed by atoms with Crippen LogP contribution in [0, 0.1) is 0 Å². The monoisotopic (exact) mass is 509 g/mol. The van der Waals surface area contributed by atoms with Crippen LogP contribution in [0.5, 0.6) is 0 Å². The lowest BCUT2D eigenvalue weighted by Crippen LogP contribution is -2.24. The van der Waals surface area contributed by atoms with E-state index in [1.165, 1.54) is 0 Å². The molecule has 1 aromatic rings. The summed E-state index contributed by atoms with van der Waals surface area (Å²) >= 11 is 0. The maximum Gasteiger partial charge on any atom is 0.471 e. The normalized spacial score (nSPS) is 13.8. The third-order valence-electron chi connectivity index (χ3n) is 4.72. The lowest BCUT2D eigenvalue weighted by atomic mass is 10.1. The molecule has 0 fully saturated rings. The number of rotatable bonds is 21. The van der Waals surface area contributed by atoms with Crippen LogP contribution in [-0.4, -0.2) is 78.9 Å². The second-order valence-corrected chi connectivity index (χ2v) is 14.1. The minimum Gasteiger partial charge on any atom is -0.432 e. The van der Waals surface area contributed by atoms with Gasteiger partial charge in [-0.15, -0.1) is 5.10 Å². The second kappa shape index (κ2) is 16.6. The van der Waals surface area contributed by atoms with Gasteiger partial charge >= 0.3 is 7.82 Å². The molecular weight excluding hydrogens is 469 g/mol. The van der Waals surface area contributed by atoms with Gasteiger partial charge < -0.3 is 19.2 Å². The highest BCUT2D eigenvalue weighted by molar-refractivity contribution is 7.47. The summed E-state index contributed by atoms with van der Waals surface area (Å²) in [5, 5.41) is 8.15. The molecule has 1 atom stereocenters. The van der Waals surface area contributed by atoms with Gasteiger partial charge in [0.05, 0.1) is 38.7 Å². The minimum absolute atomic E-state index is 0.145. The second-order valence-electron chi connectivity index (χ2n) is 8.45. The summed E-state index contributed by atoms with van der Waals surface area (Å²) in [6.45, 7) is 6.49. The van der Waals surface area contributed by atoms with Gasteiger partial charge in [0, 0.05) is 32.8 Å². The summed E-state index contributed by atoms with van der Waals surface area (Å²) in [5.74, 6) is 0.232. The van der Waals surface area contributed by atoms with Gasteiger partial charge in [0.1, 0.15) is 5.78 Å². The number of aromatic nitrogens is 3. The Balaban J connectivity index is 1.95. The molecule has 0 aliphatic carbocycles. The van der Waals surface area contributed by atoms with Crippen LogP contribution in [-0.2, 0) is 40.8 Å². The average molecular weight is 510 g/mol. The number of unbranched alkanes of at least 4 members (excludes halogenated alkanes) is 1. The van der Waals surface area contributed by atoms with Crippen molar-refractivity contribution in [1.82, 2.24) is 15.0 Å². The topological polar surface area (TPSA) is 142 Å². The number of hydrogen-bond donors (Lipinski definition) is 2. The fraction of sp³-hybridized carbons (Fsp3) is 0.850. The maximum atomic E-state index is 11.8. The standard InChI is InChI=1S/C20H40N3O8PSi/c1-28-32(25,26)31-13-5-4-8-19-18-23(22-21-19)11-14-30-16-15-29-12-6-9-20(24)10-7-17-33(2,3)27/h18,27H,4-17H2,1-3H3,(H,25,26). The average Bonchev–Trinajstić information content (AvgIpc) is 3.19. The summed E-state index contributed by atoms with van der Waals surface area (Å²) in [6, 6.07) is 0.767. The highest BCUT2D eigenvalue weighted by Crippen LogP contribution is 2.41. The molecule has 0 aliphatic rings. The Bertz CT molecular complexity index is 714. The molecule has 0 saturated heterocycles. The van der Waals surface area contributed by atoms with E-state index < -0.39 is 16.1 Å². The smallest absolute Gasteiger partial charge is 0.432 e. The Labute approximate surface area is 197 Å². The van der Waals surface area contributed by atoms with Crippen molar-refractivity contribution in [2.45, 2.75) is 70.6 Å². The number of ether oxygens (including phenoxy) is 2. The number of phosphoric acid groups is 1. The molecule has 0 radical (unpaired) electrons. The summed E-state index contributed by atoms with van der Waals surface area (Å²) in [4.78, 5) is 30.7. The number of hydrogen-bond acceptors (Lipinski definition) is 9. The number of carbonyl (C=O) groups is 1. The molecule has 0 amide bonds. The molecule has 0 saturated carbocycles. The molecule has 11 nitrogen and oxygen atoms in total. The predicted molar refractivity (Wildman–Crippen MR) is 125 cm³/mol. The SMILES string of the molecule is COP(=O)(O)OCCCCc1cn(CCOCCOCCCC(=O)CCC[Si](C)(C)O)nn1. The number of ketones is 1. The van der Waals surface area contributed by atoms with Gasteiger partial charge in [-0.2, -0.15) is 0 Å². The fourth-order valence-corrected chi connectivity index (χ4v) is 4.41. The number of aryl methyl sites for hydroxylation is 1. The van der Waals surface area contributed by atoms with Gasteiger partial charge in [0.2, 0.25) is 0 Å². The summed E-state index contributed by atoms with van der Waals surface area (Å²) in [5.41, 5.74) is 0.842. The van der Waals surface area contributed by atoms with Crippen LogP contribution in [0.1, 0.15) is 44.2 Å². The molecule has 0 aromatic carbocycles. The van der Waals surface area contributed by atoms with E-state index in [1.54, 1.807) is 4.68 Å². The van der Waals surface area contributed by atoms with Crippen molar-refractivity contribution >= 4 is 21.9 Å². The largest absolute Gasteiger partial charge is 0.471 e. The van der Waals surface area contributed by atoms with Gasteiger partial charge in [-0.3, -0.25) is 13.8 Å². The zero-order valence-electron chi connectivity index (χ0n) is 20.1. The molecule has 1 unspecified atom stereocenters. The quantitative estimate of drug-likeness (QED) is 0.144. The third-order valence-corrected chi connectivity index (χ3v) is 7.27. The Hall–Kier alpha value is -0.983. The fourth-order valence-electron chi connectivity index (χ4n) is 2.90. The lowest BCUT2D eigenvalue weighted by molar-refractivity contribution is -0.119. The first kappa shape index (κ1) is 30.0. The zero-order valence-corrected chi connectivity index (χ0v) is 22.0. The van der Waals surface area contributed by atoms with Gasteiger partial charge in [-0.05, 0) is 51.2 Å². The van der Waals surface area contributed by atoms with Crippen LogP contribution in [0.4, 0.5) is 0 Å². The Morgan fingerprint density at radius 1 is 1.06 bits per heavy atom. The minimum atomic E-state index is -3.90. The first-order valence-corrected chi connectivity index (χ1v) is 16.1. The van der Waals surface area contributed by atoms with Crippen LogP contribution >= 0.6 is 7.82 Å². The molecule has 2 N–H and O–H groups in total. The van der Waals surface area contributed by atoms with Crippen LogP contribution in [0.3, 0.4) is 0 Å². The van der Waals surface area contributed by atoms with E-state index in [-0.39, 0.29) is 12.4 Å². The Morgan fingerprint density at radius 2 is 1.76 bits per heavy atom. The molecule has 0 aliphatic heterocycles. The Morgan fingerprint density at radius 3 is 2.45 bits per heavy atom. The van der Waals surface area contributed by atoms with E-state index in [0.717, 1.165) is 31.7 Å². The van der Waals surface area contributed by atoms with E-state index in [9.17, 15) is 14.2 Å². The lowest BCUT2D eigenvalue weighted by Gasteiger charge is -2.12. The number of carbonyl (C=O) groups excluding carboxylic acids is 1. The summed E-state index contributed by atoms with van der Waals surface area (Å²) in [6.07, 6.45) is 6.46. The predicted octanol–water partition coefficient (Wildman–Crippen LogP) is 2.72. The van der Waals surface area contributed by atoms with Gasteiger partial charge in [-0.1, -0.05) is 5.21 Å². The van der Waals surface area contributed by atoms with E-state index in [2.05, 4.69) is 14.8 Å².